The summed E-state index contributed by atoms with van der Waals surface area (Å²) in [5.74, 6) is 0.101. The quantitative estimate of drug-likeness (QED) is 0.745. The molecule has 0 N–H and O–H groups in total. The number of likely N-dealkylation sites (tertiary alicyclic amines) is 2. The van der Waals surface area contributed by atoms with Crippen molar-refractivity contribution >= 4 is 5.91 Å². The molecule has 0 radical (unpaired) electrons. The molecular formula is C16H30N2O3. The van der Waals surface area contributed by atoms with E-state index in [0.29, 0.717) is 12.2 Å². The highest BCUT2D eigenvalue weighted by Crippen LogP contribution is 2.21. The Balaban J connectivity index is 1.64. The highest BCUT2D eigenvalue weighted by molar-refractivity contribution is 5.77. The standard InChI is InChI=1S/C16H30N2O3/c1-3-8-17-9-4-14(5-10-17)21-15-6-11-18(12-7-15)16(19)13-20-2/h14-15H,3-13H2,1-2H3. The number of rotatable bonds is 6. The van der Waals surface area contributed by atoms with E-state index in [1.807, 2.05) is 4.90 Å². The van der Waals surface area contributed by atoms with Gasteiger partial charge in [0.05, 0.1) is 12.2 Å². The molecule has 0 spiro atoms. The SMILES string of the molecule is CCCN1CCC(OC2CCN(C(=O)COC)CC2)CC1. The molecule has 0 unspecified atom stereocenters. The molecule has 21 heavy (non-hydrogen) atoms. The van der Waals surface area contributed by atoms with Crippen molar-refractivity contribution in [2.45, 2.75) is 51.2 Å². The van der Waals surface area contributed by atoms with Crippen LogP contribution in [0.1, 0.15) is 39.0 Å². The third kappa shape index (κ3) is 5.24. The minimum absolute atomic E-state index is 0.101. The van der Waals surface area contributed by atoms with Gasteiger partial charge in [0.15, 0.2) is 0 Å². The maximum Gasteiger partial charge on any atom is 0.248 e. The highest BCUT2D eigenvalue weighted by atomic mass is 16.5. The molecule has 0 aromatic rings. The Hall–Kier alpha value is -0.650. The fourth-order valence-electron chi connectivity index (χ4n) is 3.31. The van der Waals surface area contributed by atoms with Crippen LogP contribution in [0.25, 0.3) is 0 Å². The van der Waals surface area contributed by atoms with Crippen LogP contribution in [0.5, 0.6) is 0 Å². The lowest BCUT2D eigenvalue weighted by molar-refractivity contribution is -0.139. The molecule has 2 rings (SSSR count). The second-order valence-electron chi connectivity index (χ2n) is 6.19. The van der Waals surface area contributed by atoms with Gasteiger partial charge in [-0.25, -0.2) is 0 Å². The van der Waals surface area contributed by atoms with Gasteiger partial charge in [-0.3, -0.25) is 4.79 Å². The summed E-state index contributed by atoms with van der Waals surface area (Å²) in [6.45, 7) is 7.60. The number of ether oxygens (including phenoxy) is 2. The minimum Gasteiger partial charge on any atom is -0.375 e. The van der Waals surface area contributed by atoms with Crippen LogP contribution < -0.4 is 0 Å². The largest absolute Gasteiger partial charge is 0.375 e. The van der Waals surface area contributed by atoms with Crippen molar-refractivity contribution in [3.63, 3.8) is 0 Å². The summed E-state index contributed by atoms with van der Waals surface area (Å²) in [6.07, 6.45) is 6.23. The monoisotopic (exact) mass is 298 g/mol. The number of nitrogens with zero attached hydrogens (tertiary/aromatic N) is 2. The molecule has 2 aliphatic rings. The lowest BCUT2D eigenvalue weighted by Crippen LogP contribution is -2.44. The summed E-state index contributed by atoms with van der Waals surface area (Å²) in [4.78, 5) is 16.2. The lowest BCUT2D eigenvalue weighted by atomic mass is 10.0. The van der Waals surface area contributed by atoms with Crippen LogP contribution in [0.3, 0.4) is 0 Å². The average molecular weight is 298 g/mol. The van der Waals surface area contributed by atoms with Crippen LogP contribution in [-0.2, 0) is 14.3 Å². The molecule has 0 saturated carbocycles. The first kappa shape index (κ1) is 16.7. The zero-order valence-electron chi connectivity index (χ0n) is 13.6. The Kier molecular flexibility index (Phi) is 6.93. The van der Waals surface area contributed by atoms with Crippen molar-refractivity contribution < 1.29 is 14.3 Å². The normalized spacial score (nSPS) is 22.7. The van der Waals surface area contributed by atoms with Crippen molar-refractivity contribution in [2.24, 2.45) is 0 Å². The van der Waals surface area contributed by atoms with Crippen LogP contribution in [-0.4, -0.2) is 74.4 Å². The third-order valence-corrected chi connectivity index (χ3v) is 4.52. The smallest absolute Gasteiger partial charge is 0.248 e. The van der Waals surface area contributed by atoms with E-state index in [1.54, 1.807) is 7.11 Å². The topological polar surface area (TPSA) is 42.0 Å². The second kappa shape index (κ2) is 8.71. The van der Waals surface area contributed by atoms with E-state index in [0.717, 1.165) is 38.8 Å². The number of carbonyl (C=O) groups is 1. The lowest BCUT2D eigenvalue weighted by Gasteiger charge is -2.37. The third-order valence-electron chi connectivity index (χ3n) is 4.52. The van der Waals surface area contributed by atoms with E-state index < -0.39 is 0 Å². The van der Waals surface area contributed by atoms with Gasteiger partial charge in [0.1, 0.15) is 6.61 Å². The molecular weight excluding hydrogens is 268 g/mol. The molecule has 1 amide bonds. The second-order valence-corrected chi connectivity index (χ2v) is 6.19. The number of hydrogen-bond donors (Lipinski definition) is 0. The van der Waals surface area contributed by atoms with Crippen molar-refractivity contribution in [1.29, 1.82) is 0 Å². The average Bonchev–Trinajstić information content (AvgIpc) is 2.50. The van der Waals surface area contributed by atoms with Gasteiger partial charge in [0, 0.05) is 33.3 Å². The van der Waals surface area contributed by atoms with Crippen LogP contribution in [0.2, 0.25) is 0 Å². The predicted molar refractivity (Wildman–Crippen MR) is 82.3 cm³/mol. The van der Waals surface area contributed by atoms with E-state index >= 15 is 0 Å². The summed E-state index contributed by atoms with van der Waals surface area (Å²) in [5.41, 5.74) is 0. The number of hydrogen-bond acceptors (Lipinski definition) is 4. The molecule has 2 fully saturated rings. The Morgan fingerprint density at radius 3 is 2.14 bits per heavy atom. The fraction of sp³-hybridized carbons (Fsp3) is 0.938. The number of methoxy groups -OCH3 is 1. The molecule has 0 atom stereocenters. The number of carbonyl (C=O) groups excluding carboxylic acids is 1. The van der Waals surface area contributed by atoms with Crippen molar-refractivity contribution in [1.82, 2.24) is 9.80 Å². The van der Waals surface area contributed by atoms with Gasteiger partial charge < -0.3 is 19.3 Å². The van der Waals surface area contributed by atoms with Crippen LogP contribution in [0.4, 0.5) is 0 Å². The maximum absolute atomic E-state index is 11.7. The summed E-state index contributed by atoms with van der Waals surface area (Å²) in [6, 6.07) is 0. The number of piperidine rings is 2. The van der Waals surface area contributed by atoms with Gasteiger partial charge in [0.2, 0.25) is 5.91 Å². The van der Waals surface area contributed by atoms with Gasteiger partial charge in [-0.2, -0.15) is 0 Å². The maximum atomic E-state index is 11.7. The van der Waals surface area contributed by atoms with Gasteiger partial charge >= 0.3 is 0 Å². The Labute approximate surface area is 128 Å². The van der Waals surface area contributed by atoms with E-state index in [9.17, 15) is 4.79 Å². The Morgan fingerprint density at radius 1 is 1.05 bits per heavy atom. The molecule has 0 bridgehead atoms. The van der Waals surface area contributed by atoms with E-state index in [2.05, 4.69) is 11.8 Å². The fourth-order valence-corrected chi connectivity index (χ4v) is 3.31. The molecule has 5 heteroatoms. The van der Waals surface area contributed by atoms with Crippen LogP contribution in [0, 0.1) is 0 Å². The zero-order valence-corrected chi connectivity index (χ0v) is 13.6. The molecule has 0 aromatic heterocycles. The molecule has 2 aliphatic heterocycles. The zero-order chi connectivity index (χ0) is 15.1. The minimum atomic E-state index is 0.101. The van der Waals surface area contributed by atoms with Gasteiger partial charge in [0.25, 0.3) is 0 Å². The Morgan fingerprint density at radius 2 is 1.62 bits per heavy atom. The molecule has 5 nitrogen and oxygen atoms in total. The van der Waals surface area contributed by atoms with Gasteiger partial charge in [-0.1, -0.05) is 6.92 Å². The first-order chi connectivity index (χ1) is 10.2. The molecule has 2 saturated heterocycles. The summed E-state index contributed by atoms with van der Waals surface area (Å²) >= 11 is 0. The van der Waals surface area contributed by atoms with Crippen molar-refractivity contribution in [3.8, 4) is 0 Å². The van der Waals surface area contributed by atoms with Gasteiger partial charge in [-0.15, -0.1) is 0 Å². The van der Waals surface area contributed by atoms with E-state index in [-0.39, 0.29) is 12.5 Å². The van der Waals surface area contributed by atoms with Crippen LogP contribution in [0.15, 0.2) is 0 Å². The Bertz CT molecular complexity index is 309. The summed E-state index contributed by atoms with van der Waals surface area (Å²) in [7, 11) is 1.57. The van der Waals surface area contributed by atoms with E-state index in [1.165, 1.54) is 26.1 Å². The molecule has 0 aliphatic carbocycles. The van der Waals surface area contributed by atoms with E-state index in [4.69, 9.17) is 9.47 Å². The first-order valence-electron chi connectivity index (χ1n) is 8.37. The predicted octanol–water partition coefficient (Wildman–Crippen LogP) is 1.51. The molecule has 2 heterocycles. The molecule has 0 aromatic carbocycles. The van der Waals surface area contributed by atoms with Gasteiger partial charge in [-0.05, 0) is 38.6 Å². The highest BCUT2D eigenvalue weighted by Gasteiger charge is 2.27. The van der Waals surface area contributed by atoms with Crippen LogP contribution >= 0.6 is 0 Å². The summed E-state index contributed by atoms with van der Waals surface area (Å²) in [5, 5.41) is 0. The number of amides is 1. The van der Waals surface area contributed by atoms with Crippen molar-refractivity contribution in [3.05, 3.63) is 0 Å². The van der Waals surface area contributed by atoms with Crippen molar-refractivity contribution in [2.75, 3.05) is 46.4 Å². The summed E-state index contributed by atoms with van der Waals surface area (Å²) < 4.78 is 11.2. The molecule has 122 valence electrons. The first-order valence-corrected chi connectivity index (χ1v) is 8.37.